The number of nitrogens with zero attached hydrogens (tertiary/aromatic N) is 2. The second-order valence-electron chi connectivity index (χ2n) is 1.07. The lowest BCUT2D eigenvalue weighted by Crippen LogP contribution is -2.22. The lowest BCUT2D eigenvalue weighted by molar-refractivity contribution is 0.936. The van der Waals surface area contributed by atoms with Crippen molar-refractivity contribution < 1.29 is 0 Å². The summed E-state index contributed by atoms with van der Waals surface area (Å²) < 4.78 is 0.861. The Balaban J connectivity index is 3.39. The molecular formula is C2H4N4O. The Bertz CT molecular complexity index is 197. The second-order valence-corrected chi connectivity index (χ2v) is 1.07. The van der Waals surface area contributed by atoms with Crippen molar-refractivity contribution in [2.75, 3.05) is 5.84 Å². The van der Waals surface area contributed by atoms with Crippen LogP contribution in [0.15, 0.2) is 11.1 Å². The first-order chi connectivity index (χ1) is 3.30. The third-order valence-electron chi connectivity index (χ3n) is 0.577. The van der Waals surface area contributed by atoms with Crippen LogP contribution < -0.4 is 11.5 Å². The van der Waals surface area contributed by atoms with Gasteiger partial charge in [-0.3, -0.25) is 0 Å². The summed E-state index contributed by atoms with van der Waals surface area (Å²) in [7, 11) is 0. The summed E-state index contributed by atoms with van der Waals surface area (Å²) >= 11 is 0. The number of aromatic amines is 1. The van der Waals surface area contributed by atoms with Gasteiger partial charge in [0, 0.05) is 0 Å². The molecule has 0 aliphatic carbocycles. The minimum Gasteiger partial charge on any atom is -0.334 e. The number of H-pyrrole nitrogens is 1. The standard InChI is InChI=1S/C2H4N4O/c3-6-1-4-5-2(6)7/h1H,3H2,(H,5,7). The number of nitrogens with two attached hydrogens (primary N) is 1. The highest BCUT2D eigenvalue weighted by atomic mass is 16.2. The molecular weight excluding hydrogens is 96.0 g/mol. The van der Waals surface area contributed by atoms with Crippen molar-refractivity contribution in [2.45, 2.75) is 0 Å². The molecule has 5 nitrogen and oxygen atoms in total. The van der Waals surface area contributed by atoms with Gasteiger partial charge in [0.05, 0.1) is 0 Å². The van der Waals surface area contributed by atoms with Crippen LogP contribution >= 0.6 is 0 Å². The molecule has 0 saturated carbocycles. The van der Waals surface area contributed by atoms with Crippen LogP contribution in [0.25, 0.3) is 0 Å². The molecule has 7 heavy (non-hydrogen) atoms. The minimum atomic E-state index is -0.403. The van der Waals surface area contributed by atoms with Gasteiger partial charge in [-0.05, 0) is 0 Å². The summed E-state index contributed by atoms with van der Waals surface area (Å²) in [5.74, 6) is 4.95. The van der Waals surface area contributed by atoms with Gasteiger partial charge in [-0.2, -0.15) is 9.77 Å². The quantitative estimate of drug-likeness (QED) is 0.381. The molecule has 3 N–H and O–H groups in total. The lowest BCUT2D eigenvalue weighted by Gasteiger charge is -1.76. The first-order valence-corrected chi connectivity index (χ1v) is 1.68. The number of aromatic nitrogens is 3. The predicted molar refractivity (Wildman–Crippen MR) is 23.0 cm³/mol. The van der Waals surface area contributed by atoms with E-state index in [1.807, 2.05) is 0 Å². The predicted octanol–water partition coefficient (Wildman–Crippen LogP) is -1.71. The van der Waals surface area contributed by atoms with Crippen LogP contribution in [0.3, 0.4) is 0 Å². The van der Waals surface area contributed by atoms with Crippen molar-refractivity contribution in [2.24, 2.45) is 0 Å². The Labute approximate surface area is 38.7 Å². The van der Waals surface area contributed by atoms with E-state index < -0.39 is 5.69 Å². The highest BCUT2D eigenvalue weighted by Crippen LogP contribution is 1.51. The zero-order valence-corrected chi connectivity index (χ0v) is 3.46. The third-order valence-corrected chi connectivity index (χ3v) is 0.577. The SMILES string of the molecule is Nn1cn[nH]c1=O. The van der Waals surface area contributed by atoms with Gasteiger partial charge in [-0.25, -0.2) is 9.89 Å². The zero-order valence-electron chi connectivity index (χ0n) is 3.46. The molecule has 0 atom stereocenters. The van der Waals surface area contributed by atoms with Gasteiger partial charge in [0.1, 0.15) is 6.33 Å². The van der Waals surface area contributed by atoms with E-state index in [2.05, 4.69) is 10.2 Å². The van der Waals surface area contributed by atoms with E-state index in [0.29, 0.717) is 0 Å². The van der Waals surface area contributed by atoms with Crippen LogP contribution in [-0.2, 0) is 0 Å². The van der Waals surface area contributed by atoms with Crippen LogP contribution in [0.2, 0.25) is 0 Å². The molecule has 0 radical (unpaired) electrons. The monoisotopic (exact) mass is 100 g/mol. The van der Waals surface area contributed by atoms with E-state index in [1.165, 1.54) is 6.33 Å². The summed E-state index contributed by atoms with van der Waals surface area (Å²) in [4.78, 5) is 10.1. The van der Waals surface area contributed by atoms with Crippen molar-refractivity contribution in [3.05, 3.63) is 16.8 Å². The number of rotatable bonds is 0. The molecule has 1 aromatic heterocycles. The van der Waals surface area contributed by atoms with Crippen molar-refractivity contribution in [3.8, 4) is 0 Å². The average molecular weight is 100 g/mol. The highest BCUT2D eigenvalue weighted by Gasteiger charge is 1.83. The molecule has 0 aliphatic heterocycles. The van der Waals surface area contributed by atoms with Crippen molar-refractivity contribution in [1.82, 2.24) is 14.9 Å². The molecule has 1 heterocycles. The molecule has 5 heteroatoms. The number of hydrogen-bond acceptors (Lipinski definition) is 3. The first-order valence-electron chi connectivity index (χ1n) is 1.68. The van der Waals surface area contributed by atoms with E-state index in [9.17, 15) is 4.79 Å². The van der Waals surface area contributed by atoms with Crippen LogP contribution in [-0.4, -0.2) is 14.9 Å². The summed E-state index contributed by atoms with van der Waals surface area (Å²) in [5, 5.41) is 5.42. The Morgan fingerprint density at radius 3 is 2.86 bits per heavy atom. The number of nitrogen functional groups attached to an aromatic ring is 1. The summed E-state index contributed by atoms with van der Waals surface area (Å²) in [6, 6.07) is 0. The van der Waals surface area contributed by atoms with E-state index in [4.69, 9.17) is 5.84 Å². The maximum atomic E-state index is 10.1. The van der Waals surface area contributed by atoms with Gasteiger partial charge in [0.25, 0.3) is 0 Å². The molecule has 0 bridgehead atoms. The summed E-state index contributed by atoms with van der Waals surface area (Å²) in [6.45, 7) is 0. The van der Waals surface area contributed by atoms with Gasteiger partial charge >= 0.3 is 5.69 Å². The van der Waals surface area contributed by atoms with Crippen molar-refractivity contribution in [3.63, 3.8) is 0 Å². The highest BCUT2D eigenvalue weighted by molar-refractivity contribution is 4.59. The minimum absolute atomic E-state index is 0.403. The third kappa shape index (κ3) is 0.466. The van der Waals surface area contributed by atoms with Crippen molar-refractivity contribution >= 4 is 0 Å². The van der Waals surface area contributed by atoms with Crippen LogP contribution in [0.4, 0.5) is 0 Å². The summed E-state index contributed by atoms with van der Waals surface area (Å²) in [6.07, 6.45) is 1.20. The van der Waals surface area contributed by atoms with Gasteiger partial charge < -0.3 is 5.84 Å². The van der Waals surface area contributed by atoms with Gasteiger partial charge in [-0.1, -0.05) is 0 Å². The molecule has 0 saturated heterocycles. The average Bonchev–Trinajstić information content (AvgIpc) is 1.91. The first kappa shape index (κ1) is 3.91. The molecule has 0 aromatic carbocycles. The lowest BCUT2D eigenvalue weighted by atomic mass is 11.2. The number of nitrogens with one attached hydrogen (secondary N) is 1. The Morgan fingerprint density at radius 2 is 2.71 bits per heavy atom. The maximum absolute atomic E-state index is 10.1. The zero-order chi connectivity index (χ0) is 5.28. The molecule has 1 aromatic rings. The van der Waals surface area contributed by atoms with Crippen LogP contribution in [0.5, 0.6) is 0 Å². The fraction of sp³-hybridized carbons (Fsp3) is 0. The van der Waals surface area contributed by atoms with E-state index in [0.717, 1.165) is 4.68 Å². The van der Waals surface area contributed by atoms with E-state index >= 15 is 0 Å². The van der Waals surface area contributed by atoms with Crippen LogP contribution in [0, 0.1) is 0 Å². The fourth-order valence-corrected chi connectivity index (χ4v) is 0.256. The molecule has 0 fully saturated rings. The topological polar surface area (TPSA) is 76.7 Å². The molecule has 0 amide bonds. The largest absolute Gasteiger partial charge is 0.361 e. The number of hydrogen-bond donors (Lipinski definition) is 2. The second kappa shape index (κ2) is 1.11. The molecule has 0 unspecified atom stereocenters. The summed E-state index contributed by atoms with van der Waals surface area (Å²) in [5.41, 5.74) is -0.403. The normalized spacial score (nSPS) is 9.14. The fourth-order valence-electron chi connectivity index (χ4n) is 0.256. The Morgan fingerprint density at radius 1 is 2.00 bits per heavy atom. The van der Waals surface area contributed by atoms with E-state index in [1.54, 1.807) is 0 Å². The van der Waals surface area contributed by atoms with Gasteiger partial charge in [0.15, 0.2) is 0 Å². The smallest absolute Gasteiger partial charge is 0.334 e. The Kier molecular flexibility index (Phi) is 0.619. The molecule has 0 aliphatic rings. The van der Waals surface area contributed by atoms with Gasteiger partial charge in [-0.15, -0.1) is 0 Å². The molecule has 1 rings (SSSR count). The maximum Gasteiger partial charge on any atom is 0.361 e. The van der Waals surface area contributed by atoms with Gasteiger partial charge in [0.2, 0.25) is 0 Å². The van der Waals surface area contributed by atoms with Crippen LogP contribution in [0.1, 0.15) is 0 Å². The Hall–Kier alpha value is -1.26. The van der Waals surface area contributed by atoms with Crippen molar-refractivity contribution in [1.29, 1.82) is 0 Å². The molecule has 0 spiro atoms. The van der Waals surface area contributed by atoms with E-state index in [-0.39, 0.29) is 0 Å². The molecule has 38 valence electrons.